The number of fused-ring (bicyclic) bond motifs is 1. The van der Waals surface area contributed by atoms with Crippen molar-refractivity contribution in [3.8, 4) is 0 Å². The van der Waals surface area contributed by atoms with Crippen LogP contribution in [-0.2, 0) is 11.8 Å². The average Bonchev–Trinajstić information content (AvgIpc) is 3.39. The second-order valence-electron chi connectivity index (χ2n) is 7.20. The number of furan rings is 1. The maximum absolute atomic E-state index is 12.4. The van der Waals surface area contributed by atoms with Crippen molar-refractivity contribution in [2.75, 3.05) is 11.1 Å². The predicted molar refractivity (Wildman–Crippen MR) is 125 cm³/mol. The molecule has 0 bridgehead atoms. The van der Waals surface area contributed by atoms with Crippen molar-refractivity contribution >= 4 is 46.1 Å². The van der Waals surface area contributed by atoms with Crippen LogP contribution in [0.5, 0.6) is 0 Å². The summed E-state index contributed by atoms with van der Waals surface area (Å²) in [6, 6.07) is 13.6. The van der Waals surface area contributed by atoms with Crippen molar-refractivity contribution in [2.45, 2.75) is 12.1 Å². The highest BCUT2D eigenvalue weighted by molar-refractivity contribution is 7.99. The molecule has 0 fully saturated rings. The molecule has 2 aromatic heterocycles. The van der Waals surface area contributed by atoms with E-state index >= 15 is 0 Å². The highest BCUT2D eigenvalue weighted by Crippen LogP contribution is 2.24. The number of nitrogens with zero attached hydrogens (tertiary/aromatic N) is 2. The minimum absolute atomic E-state index is 0.137. The maximum atomic E-state index is 12.4. The Balaban J connectivity index is 1.29. The van der Waals surface area contributed by atoms with Gasteiger partial charge in [-0.2, -0.15) is 0 Å². The highest BCUT2D eigenvalue weighted by atomic mass is 32.2. The van der Waals surface area contributed by atoms with Gasteiger partial charge in [-0.1, -0.05) is 30.0 Å². The zero-order valence-electron chi connectivity index (χ0n) is 17.9. The Morgan fingerprint density at radius 3 is 2.45 bits per heavy atom. The fourth-order valence-corrected chi connectivity index (χ4v) is 3.89. The second kappa shape index (κ2) is 9.61. The standard InChI is InChI=1S/C23H21N5O4S/c1-14-17-5-3-4-6-18(17)32-20(14)22(31)27-26-21(30)15-7-9-16(10-8-15)25-19(29)13-33-23-24-11-12-28(23)2/h3-12H,13H2,1-2H3,(H,25,29)(H,26,30)(H,27,31). The number of aryl methyl sites for hydroxylation is 2. The summed E-state index contributed by atoms with van der Waals surface area (Å²) < 4.78 is 7.42. The SMILES string of the molecule is Cc1c(C(=O)NNC(=O)c2ccc(NC(=O)CSc3nccn3C)cc2)oc2ccccc12. The van der Waals surface area contributed by atoms with Crippen molar-refractivity contribution in [3.63, 3.8) is 0 Å². The first-order chi connectivity index (χ1) is 15.9. The van der Waals surface area contributed by atoms with Crippen molar-refractivity contribution in [2.24, 2.45) is 7.05 Å². The van der Waals surface area contributed by atoms with Crippen molar-refractivity contribution < 1.29 is 18.8 Å². The van der Waals surface area contributed by atoms with Gasteiger partial charge in [0.25, 0.3) is 5.91 Å². The molecule has 10 heteroatoms. The molecule has 2 heterocycles. The molecular weight excluding hydrogens is 442 g/mol. The van der Waals surface area contributed by atoms with Gasteiger partial charge in [0.1, 0.15) is 5.58 Å². The molecule has 3 N–H and O–H groups in total. The fourth-order valence-electron chi connectivity index (χ4n) is 3.16. The molecule has 0 atom stereocenters. The van der Waals surface area contributed by atoms with E-state index in [1.165, 1.54) is 11.8 Å². The summed E-state index contributed by atoms with van der Waals surface area (Å²) in [4.78, 5) is 41.1. The minimum atomic E-state index is -0.550. The third-order valence-corrected chi connectivity index (χ3v) is 5.94. The molecule has 0 unspecified atom stereocenters. The summed E-state index contributed by atoms with van der Waals surface area (Å²) in [5.41, 5.74) is 6.90. The van der Waals surface area contributed by atoms with Crippen LogP contribution in [0.3, 0.4) is 0 Å². The molecule has 0 aliphatic rings. The lowest BCUT2D eigenvalue weighted by Crippen LogP contribution is -2.41. The average molecular weight is 464 g/mol. The summed E-state index contributed by atoms with van der Waals surface area (Å²) >= 11 is 1.33. The van der Waals surface area contributed by atoms with Crippen LogP contribution in [0.15, 0.2) is 70.5 Å². The molecular formula is C23H21N5O4S. The first-order valence-corrected chi connectivity index (χ1v) is 11.0. The van der Waals surface area contributed by atoms with Gasteiger partial charge in [-0.15, -0.1) is 0 Å². The van der Waals surface area contributed by atoms with Crippen LogP contribution < -0.4 is 16.2 Å². The molecule has 9 nitrogen and oxygen atoms in total. The largest absolute Gasteiger partial charge is 0.451 e. The summed E-state index contributed by atoms with van der Waals surface area (Å²) in [5, 5.41) is 4.36. The lowest BCUT2D eigenvalue weighted by atomic mass is 10.1. The number of para-hydroxylation sites is 1. The van der Waals surface area contributed by atoms with E-state index in [0.29, 0.717) is 22.4 Å². The van der Waals surface area contributed by atoms with Gasteiger partial charge in [-0.25, -0.2) is 4.98 Å². The van der Waals surface area contributed by atoms with E-state index in [0.717, 1.165) is 10.5 Å². The second-order valence-corrected chi connectivity index (χ2v) is 8.14. The van der Waals surface area contributed by atoms with E-state index in [1.807, 2.05) is 36.0 Å². The number of carbonyl (C=O) groups excluding carboxylic acids is 3. The third kappa shape index (κ3) is 5.07. The van der Waals surface area contributed by atoms with Crippen LogP contribution in [0.1, 0.15) is 26.5 Å². The molecule has 0 radical (unpaired) electrons. The Kier molecular flexibility index (Phi) is 6.45. The third-order valence-electron chi connectivity index (χ3n) is 4.88. The molecule has 4 rings (SSSR count). The first-order valence-electron chi connectivity index (χ1n) is 10.0. The van der Waals surface area contributed by atoms with E-state index in [-0.39, 0.29) is 17.4 Å². The highest BCUT2D eigenvalue weighted by Gasteiger charge is 2.18. The molecule has 0 aliphatic heterocycles. The fraction of sp³-hybridized carbons (Fsp3) is 0.130. The van der Waals surface area contributed by atoms with E-state index in [9.17, 15) is 14.4 Å². The van der Waals surface area contributed by atoms with Gasteiger partial charge in [-0.05, 0) is 37.3 Å². The summed E-state index contributed by atoms with van der Waals surface area (Å²) in [7, 11) is 1.86. The monoisotopic (exact) mass is 463 g/mol. The van der Waals surface area contributed by atoms with Gasteiger partial charge >= 0.3 is 5.91 Å². The maximum Gasteiger partial charge on any atom is 0.305 e. The molecule has 0 saturated carbocycles. The quantitative estimate of drug-likeness (QED) is 0.298. The van der Waals surface area contributed by atoms with Gasteiger partial charge in [0.2, 0.25) is 5.91 Å². The number of aromatic nitrogens is 2. The van der Waals surface area contributed by atoms with Crippen LogP contribution in [0.2, 0.25) is 0 Å². The Bertz CT molecular complexity index is 1330. The molecule has 0 aliphatic carbocycles. The smallest absolute Gasteiger partial charge is 0.305 e. The topological polar surface area (TPSA) is 118 Å². The summed E-state index contributed by atoms with van der Waals surface area (Å²) in [6.07, 6.45) is 3.48. The van der Waals surface area contributed by atoms with E-state index in [4.69, 9.17) is 4.42 Å². The number of nitrogens with one attached hydrogen (secondary N) is 3. The van der Waals surface area contributed by atoms with Gasteiger partial charge in [0, 0.05) is 41.6 Å². The molecule has 4 aromatic rings. The van der Waals surface area contributed by atoms with Crippen LogP contribution in [0, 0.1) is 6.92 Å². The number of hydrogen-bond acceptors (Lipinski definition) is 6. The molecule has 0 spiro atoms. The van der Waals surface area contributed by atoms with Crippen molar-refractivity contribution in [3.05, 3.63) is 77.8 Å². The normalized spacial score (nSPS) is 10.7. The first kappa shape index (κ1) is 22.2. The van der Waals surface area contributed by atoms with Gasteiger partial charge in [-0.3, -0.25) is 25.2 Å². The van der Waals surface area contributed by atoms with E-state index in [2.05, 4.69) is 21.2 Å². The molecule has 0 saturated heterocycles. The number of hydrazine groups is 1. The Labute approximate surface area is 193 Å². The number of thioether (sulfide) groups is 1. The number of benzene rings is 2. The minimum Gasteiger partial charge on any atom is -0.451 e. The van der Waals surface area contributed by atoms with E-state index in [1.54, 1.807) is 43.5 Å². The number of amides is 3. The molecule has 2 aromatic carbocycles. The number of hydrogen-bond donors (Lipinski definition) is 3. The van der Waals surface area contributed by atoms with Gasteiger partial charge in [0.15, 0.2) is 10.9 Å². The van der Waals surface area contributed by atoms with Crippen LogP contribution >= 0.6 is 11.8 Å². The Morgan fingerprint density at radius 2 is 1.76 bits per heavy atom. The van der Waals surface area contributed by atoms with Crippen LogP contribution in [-0.4, -0.2) is 33.0 Å². The predicted octanol–water partition coefficient (Wildman–Crippen LogP) is 3.28. The van der Waals surface area contributed by atoms with Crippen molar-refractivity contribution in [1.82, 2.24) is 20.4 Å². The summed E-state index contributed by atoms with van der Waals surface area (Å²) in [5.74, 6) is -0.890. The number of carbonyl (C=O) groups is 3. The molecule has 3 amide bonds. The van der Waals surface area contributed by atoms with Gasteiger partial charge in [0.05, 0.1) is 5.75 Å². The van der Waals surface area contributed by atoms with Crippen LogP contribution in [0.4, 0.5) is 5.69 Å². The zero-order valence-corrected chi connectivity index (χ0v) is 18.7. The van der Waals surface area contributed by atoms with Crippen molar-refractivity contribution in [1.29, 1.82) is 0 Å². The molecule has 33 heavy (non-hydrogen) atoms. The van der Waals surface area contributed by atoms with E-state index < -0.39 is 11.8 Å². The lowest BCUT2D eigenvalue weighted by Gasteiger charge is -2.08. The zero-order chi connectivity index (χ0) is 23.4. The van der Waals surface area contributed by atoms with Gasteiger partial charge < -0.3 is 14.3 Å². The number of anilines is 1. The number of rotatable bonds is 6. The summed E-state index contributed by atoms with van der Waals surface area (Å²) in [6.45, 7) is 1.78. The Morgan fingerprint density at radius 1 is 1.03 bits per heavy atom. The van der Waals surface area contributed by atoms with Crippen LogP contribution in [0.25, 0.3) is 11.0 Å². The lowest BCUT2D eigenvalue weighted by molar-refractivity contribution is -0.113. The molecule has 168 valence electrons. The number of imidazole rings is 1. The Hall–Kier alpha value is -4.05.